The Labute approximate surface area is 135 Å². The average Bonchev–Trinajstić information content (AvgIpc) is 2.90. The lowest BCUT2D eigenvalue weighted by Crippen LogP contribution is -2.25. The van der Waals surface area contributed by atoms with E-state index in [1.54, 1.807) is 38.1 Å². The Morgan fingerprint density at radius 3 is 2.30 bits per heavy atom. The highest BCUT2D eigenvalue weighted by atomic mass is 31.2. The Bertz CT molecular complexity index is 619. The fraction of sp³-hybridized carbons (Fsp3) is 0.467. The highest BCUT2D eigenvalue weighted by Crippen LogP contribution is 2.55. The smallest absolute Gasteiger partial charge is 0.415 e. The zero-order valence-electron chi connectivity index (χ0n) is 13.4. The van der Waals surface area contributed by atoms with Gasteiger partial charge >= 0.3 is 13.7 Å². The minimum Gasteiger partial charge on any atom is -0.431 e. The Morgan fingerprint density at radius 1 is 1.26 bits per heavy atom. The second-order valence-corrected chi connectivity index (χ2v) is 7.10. The lowest BCUT2D eigenvalue weighted by molar-refractivity contribution is 0.101. The van der Waals surface area contributed by atoms with E-state index >= 15 is 0 Å². The number of ketones is 1. The molecular formula is C15H20NO6P. The predicted octanol–water partition coefficient (Wildman–Crippen LogP) is 3.44. The minimum atomic E-state index is -3.53. The molecule has 1 fully saturated rings. The third kappa shape index (κ3) is 3.80. The van der Waals surface area contributed by atoms with Gasteiger partial charge in [-0.2, -0.15) is 0 Å². The molecule has 1 unspecified atom stereocenters. The van der Waals surface area contributed by atoms with Gasteiger partial charge in [-0.3, -0.25) is 14.3 Å². The maximum Gasteiger partial charge on any atom is 0.415 e. The summed E-state index contributed by atoms with van der Waals surface area (Å²) in [5.41, 5.74) is 1.11. The topological polar surface area (TPSA) is 82.1 Å². The molecule has 0 N–H and O–H groups in total. The van der Waals surface area contributed by atoms with E-state index in [4.69, 9.17) is 13.8 Å². The van der Waals surface area contributed by atoms with Crippen molar-refractivity contribution in [1.29, 1.82) is 0 Å². The second-order valence-electron chi connectivity index (χ2n) is 4.93. The summed E-state index contributed by atoms with van der Waals surface area (Å²) in [5, 5.41) is 0. The van der Waals surface area contributed by atoms with Crippen molar-refractivity contribution in [2.45, 2.75) is 26.6 Å². The van der Waals surface area contributed by atoms with Crippen LogP contribution in [0.15, 0.2) is 24.3 Å². The molecule has 1 amide bonds. The normalized spacial score (nSPS) is 18.1. The van der Waals surface area contributed by atoms with Gasteiger partial charge in [0.1, 0.15) is 0 Å². The van der Waals surface area contributed by atoms with Crippen LogP contribution in [0.25, 0.3) is 0 Å². The van der Waals surface area contributed by atoms with E-state index in [0.29, 0.717) is 11.3 Å². The maximum absolute atomic E-state index is 12.7. The SMILES string of the molecule is CCOP(=O)(OCC)C1CN(c2ccc(C(C)=O)cc2)C(=O)O1. The number of hydrogen-bond acceptors (Lipinski definition) is 6. The first-order valence-electron chi connectivity index (χ1n) is 7.39. The summed E-state index contributed by atoms with van der Waals surface area (Å²) in [7, 11) is -3.53. The quantitative estimate of drug-likeness (QED) is 0.558. The molecule has 1 heterocycles. The number of benzene rings is 1. The molecule has 126 valence electrons. The van der Waals surface area contributed by atoms with Gasteiger partial charge in [0.15, 0.2) is 5.78 Å². The molecule has 1 aliphatic rings. The van der Waals surface area contributed by atoms with Crippen molar-refractivity contribution in [2.75, 3.05) is 24.7 Å². The van der Waals surface area contributed by atoms with E-state index in [1.807, 2.05) is 0 Å². The summed E-state index contributed by atoms with van der Waals surface area (Å²) < 4.78 is 28.3. The number of carbonyl (C=O) groups is 2. The van der Waals surface area contributed by atoms with Gasteiger partial charge in [-0.1, -0.05) is 0 Å². The van der Waals surface area contributed by atoms with Gasteiger partial charge in [0.05, 0.1) is 19.8 Å². The van der Waals surface area contributed by atoms with Crippen LogP contribution < -0.4 is 4.90 Å². The zero-order valence-corrected chi connectivity index (χ0v) is 14.2. The lowest BCUT2D eigenvalue weighted by Gasteiger charge is -2.21. The van der Waals surface area contributed by atoms with Crippen LogP contribution in [0.5, 0.6) is 0 Å². The molecular weight excluding hydrogens is 321 g/mol. The van der Waals surface area contributed by atoms with Crippen LogP contribution in [0.4, 0.5) is 10.5 Å². The van der Waals surface area contributed by atoms with Crippen molar-refractivity contribution in [3.8, 4) is 0 Å². The van der Waals surface area contributed by atoms with Gasteiger partial charge in [0.2, 0.25) is 5.85 Å². The largest absolute Gasteiger partial charge is 0.431 e. The Balaban J connectivity index is 2.18. The van der Waals surface area contributed by atoms with Gasteiger partial charge in [-0.15, -0.1) is 0 Å². The van der Waals surface area contributed by atoms with E-state index in [-0.39, 0.29) is 25.5 Å². The fourth-order valence-electron chi connectivity index (χ4n) is 2.26. The van der Waals surface area contributed by atoms with Crippen LogP contribution >= 0.6 is 7.60 Å². The van der Waals surface area contributed by atoms with Gasteiger partial charge < -0.3 is 13.8 Å². The number of hydrogen-bond donors (Lipinski definition) is 0. The number of anilines is 1. The van der Waals surface area contributed by atoms with Crippen LogP contribution in [0.2, 0.25) is 0 Å². The number of amides is 1. The lowest BCUT2D eigenvalue weighted by atomic mass is 10.1. The van der Waals surface area contributed by atoms with Crippen LogP contribution in [0, 0.1) is 0 Å². The van der Waals surface area contributed by atoms with Crippen molar-refractivity contribution in [3.63, 3.8) is 0 Å². The summed E-state index contributed by atoms with van der Waals surface area (Å²) in [4.78, 5) is 24.7. The molecule has 0 aliphatic carbocycles. The van der Waals surface area contributed by atoms with Crippen LogP contribution in [-0.2, 0) is 18.3 Å². The first-order chi connectivity index (χ1) is 10.9. The standard InChI is InChI=1S/C15H20NO6P/c1-4-20-23(19,21-5-2)14-10-16(15(18)22-14)13-8-6-12(7-9-13)11(3)17/h6-9,14H,4-5,10H2,1-3H3. The molecule has 1 atom stereocenters. The van der Waals surface area contributed by atoms with Crippen molar-refractivity contribution in [3.05, 3.63) is 29.8 Å². The third-order valence-electron chi connectivity index (χ3n) is 3.35. The second kappa shape index (κ2) is 7.25. The molecule has 0 bridgehead atoms. The monoisotopic (exact) mass is 341 g/mol. The number of ether oxygens (including phenoxy) is 1. The molecule has 0 radical (unpaired) electrons. The molecule has 1 saturated heterocycles. The number of carbonyl (C=O) groups excluding carboxylic acids is 2. The highest BCUT2D eigenvalue weighted by molar-refractivity contribution is 7.54. The highest BCUT2D eigenvalue weighted by Gasteiger charge is 2.46. The molecule has 1 aliphatic heterocycles. The number of Topliss-reactive ketones (excluding diaryl/α,β-unsaturated/α-hetero) is 1. The van der Waals surface area contributed by atoms with Crippen molar-refractivity contribution in [2.24, 2.45) is 0 Å². The molecule has 2 rings (SSSR count). The number of cyclic esters (lactones) is 1. The predicted molar refractivity (Wildman–Crippen MR) is 84.9 cm³/mol. The van der Waals surface area contributed by atoms with Gasteiger partial charge in [-0.05, 0) is 45.0 Å². The van der Waals surface area contributed by atoms with Crippen molar-refractivity contribution in [1.82, 2.24) is 0 Å². The number of nitrogens with zero attached hydrogens (tertiary/aromatic N) is 1. The third-order valence-corrected chi connectivity index (χ3v) is 5.56. The fourth-order valence-corrected chi connectivity index (χ4v) is 3.97. The first-order valence-corrected chi connectivity index (χ1v) is 9.00. The van der Waals surface area contributed by atoms with E-state index in [0.717, 1.165) is 0 Å². The van der Waals surface area contributed by atoms with Crippen LogP contribution in [0.3, 0.4) is 0 Å². The molecule has 1 aromatic carbocycles. The van der Waals surface area contributed by atoms with Crippen molar-refractivity contribution < 1.29 is 27.9 Å². The average molecular weight is 341 g/mol. The van der Waals surface area contributed by atoms with Gasteiger partial charge in [-0.25, -0.2) is 4.79 Å². The molecule has 0 spiro atoms. The Hall–Kier alpha value is -1.69. The molecule has 23 heavy (non-hydrogen) atoms. The molecule has 7 nitrogen and oxygen atoms in total. The summed E-state index contributed by atoms with van der Waals surface area (Å²) in [6.45, 7) is 5.31. The summed E-state index contributed by atoms with van der Waals surface area (Å²) >= 11 is 0. The van der Waals surface area contributed by atoms with E-state index in [9.17, 15) is 14.2 Å². The minimum absolute atomic E-state index is 0.0596. The molecule has 1 aromatic rings. The van der Waals surface area contributed by atoms with Gasteiger partial charge in [0.25, 0.3) is 0 Å². The zero-order chi connectivity index (χ0) is 17.0. The van der Waals surface area contributed by atoms with Gasteiger partial charge in [0, 0.05) is 11.3 Å². The van der Waals surface area contributed by atoms with Crippen LogP contribution in [-0.4, -0.2) is 37.5 Å². The van der Waals surface area contributed by atoms with Crippen molar-refractivity contribution >= 4 is 25.2 Å². The Morgan fingerprint density at radius 2 is 1.83 bits per heavy atom. The summed E-state index contributed by atoms with van der Waals surface area (Å²) in [6, 6.07) is 6.55. The summed E-state index contributed by atoms with van der Waals surface area (Å²) in [5.74, 6) is -1.03. The first kappa shape index (κ1) is 17.7. The molecule has 0 saturated carbocycles. The Kier molecular flexibility index (Phi) is 5.57. The van der Waals surface area contributed by atoms with Crippen LogP contribution in [0.1, 0.15) is 31.1 Å². The van der Waals surface area contributed by atoms with E-state index in [1.165, 1.54) is 11.8 Å². The van der Waals surface area contributed by atoms with E-state index < -0.39 is 19.5 Å². The van der Waals surface area contributed by atoms with E-state index in [2.05, 4.69) is 0 Å². The number of rotatable bonds is 7. The summed E-state index contributed by atoms with van der Waals surface area (Å²) in [6.07, 6.45) is -0.620. The molecule has 8 heteroatoms. The molecule has 0 aromatic heterocycles. The maximum atomic E-state index is 12.7.